The summed E-state index contributed by atoms with van der Waals surface area (Å²) in [4.78, 5) is 17.2. The van der Waals surface area contributed by atoms with Crippen LogP contribution in [0.2, 0.25) is 0 Å². The van der Waals surface area contributed by atoms with Gasteiger partial charge in [0.25, 0.3) is 5.91 Å². The lowest BCUT2D eigenvalue weighted by Gasteiger charge is -2.32. The summed E-state index contributed by atoms with van der Waals surface area (Å²) in [7, 11) is 0. The summed E-state index contributed by atoms with van der Waals surface area (Å²) in [6, 6.07) is 18.6. The van der Waals surface area contributed by atoms with Crippen LogP contribution >= 0.6 is 12.4 Å². The normalized spacial score (nSPS) is 14.3. The molecular formula is C24H34ClN3O. The van der Waals surface area contributed by atoms with Crippen LogP contribution in [0.15, 0.2) is 54.6 Å². The van der Waals surface area contributed by atoms with Gasteiger partial charge in [-0.15, -0.1) is 12.4 Å². The van der Waals surface area contributed by atoms with E-state index in [0.717, 1.165) is 63.4 Å². The molecule has 0 unspecified atom stereocenters. The van der Waals surface area contributed by atoms with Gasteiger partial charge in [0.05, 0.1) is 0 Å². The molecule has 1 heterocycles. The van der Waals surface area contributed by atoms with Gasteiger partial charge in [0.2, 0.25) is 0 Å². The zero-order valence-corrected chi connectivity index (χ0v) is 18.5. The summed E-state index contributed by atoms with van der Waals surface area (Å²) in [6.45, 7) is 9.94. The van der Waals surface area contributed by atoms with E-state index in [4.69, 9.17) is 0 Å². The smallest absolute Gasteiger partial charge is 0.253 e. The number of hydrogen-bond donors (Lipinski definition) is 1. The third-order valence-corrected chi connectivity index (χ3v) is 5.66. The Bertz CT molecular complexity index is 728. The molecule has 1 N–H and O–H groups in total. The second-order valence-electron chi connectivity index (χ2n) is 7.59. The van der Waals surface area contributed by atoms with E-state index >= 15 is 0 Å². The number of halogens is 1. The standard InChI is InChI=1S/C24H33N3O.ClH/c1-3-25-18-20-14-16-27(17-15-20)24(28)22-10-12-23(13-11-22)26(4-2)19-21-8-6-5-7-9-21;/h5-13,20,25H,3-4,14-19H2,1-2H3;1H. The van der Waals surface area contributed by atoms with Gasteiger partial charge in [-0.3, -0.25) is 4.79 Å². The van der Waals surface area contributed by atoms with Crippen LogP contribution in [0.4, 0.5) is 5.69 Å². The summed E-state index contributed by atoms with van der Waals surface area (Å²) in [5, 5.41) is 3.43. The summed E-state index contributed by atoms with van der Waals surface area (Å²) in [5.41, 5.74) is 3.25. The molecule has 0 spiro atoms. The van der Waals surface area contributed by atoms with Gasteiger partial charge in [0.15, 0.2) is 0 Å². The van der Waals surface area contributed by atoms with E-state index in [1.807, 2.05) is 23.1 Å². The number of nitrogens with one attached hydrogen (secondary N) is 1. The number of amides is 1. The first-order chi connectivity index (χ1) is 13.7. The predicted molar refractivity (Wildman–Crippen MR) is 124 cm³/mol. The molecule has 29 heavy (non-hydrogen) atoms. The molecule has 2 aromatic rings. The van der Waals surface area contributed by atoms with Crippen LogP contribution in [0.1, 0.15) is 42.6 Å². The van der Waals surface area contributed by atoms with Gasteiger partial charge in [-0.2, -0.15) is 0 Å². The maximum atomic E-state index is 12.9. The second-order valence-corrected chi connectivity index (χ2v) is 7.59. The molecule has 0 atom stereocenters. The molecule has 1 fully saturated rings. The first kappa shape index (κ1) is 23.2. The lowest BCUT2D eigenvalue weighted by molar-refractivity contribution is 0.0690. The summed E-state index contributed by atoms with van der Waals surface area (Å²) in [5.74, 6) is 0.863. The maximum Gasteiger partial charge on any atom is 0.253 e. The molecular weight excluding hydrogens is 382 g/mol. The molecule has 0 bridgehead atoms. The third kappa shape index (κ3) is 6.48. The molecule has 0 aromatic heterocycles. The average Bonchev–Trinajstić information content (AvgIpc) is 2.77. The van der Waals surface area contributed by atoms with E-state index in [-0.39, 0.29) is 18.3 Å². The van der Waals surface area contributed by atoms with Crippen molar-refractivity contribution in [1.29, 1.82) is 0 Å². The quantitative estimate of drug-likeness (QED) is 0.684. The van der Waals surface area contributed by atoms with Crippen molar-refractivity contribution < 1.29 is 4.79 Å². The molecule has 158 valence electrons. The number of anilines is 1. The average molecular weight is 416 g/mol. The van der Waals surface area contributed by atoms with E-state index in [1.54, 1.807) is 0 Å². The molecule has 1 saturated heterocycles. The Balaban J connectivity index is 0.00000300. The lowest BCUT2D eigenvalue weighted by Crippen LogP contribution is -2.40. The molecule has 1 aliphatic heterocycles. The molecule has 0 saturated carbocycles. The fourth-order valence-electron chi connectivity index (χ4n) is 3.88. The number of hydrogen-bond acceptors (Lipinski definition) is 3. The highest BCUT2D eigenvalue weighted by Crippen LogP contribution is 2.21. The number of carbonyl (C=O) groups is 1. The minimum Gasteiger partial charge on any atom is -0.367 e. The van der Waals surface area contributed by atoms with Gasteiger partial charge in [0, 0.05) is 37.4 Å². The fourth-order valence-corrected chi connectivity index (χ4v) is 3.88. The van der Waals surface area contributed by atoms with Crippen LogP contribution in [-0.4, -0.2) is 43.5 Å². The van der Waals surface area contributed by atoms with Gasteiger partial charge in [-0.1, -0.05) is 37.3 Å². The van der Waals surface area contributed by atoms with Gasteiger partial charge in [-0.05, 0) is 68.6 Å². The van der Waals surface area contributed by atoms with Crippen molar-refractivity contribution in [3.8, 4) is 0 Å². The van der Waals surface area contributed by atoms with E-state index in [9.17, 15) is 4.79 Å². The van der Waals surface area contributed by atoms with Gasteiger partial charge in [-0.25, -0.2) is 0 Å². The summed E-state index contributed by atoms with van der Waals surface area (Å²) < 4.78 is 0. The minimum absolute atomic E-state index is 0. The Morgan fingerprint density at radius 3 is 2.28 bits per heavy atom. The van der Waals surface area contributed by atoms with Crippen molar-refractivity contribution in [3.05, 3.63) is 65.7 Å². The highest BCUT2D eigenvalue weighted by Gasteiger charge is 2.23. The molecule has 0 radical (unpaired) electrons. The summed E-state index contributed by atoms with van der Waals surface area (Å²) in [6.07, 6.45) is 2.19. The van der Waals surface area contributed by atoms with E-state index in [2.05, 4.69) is 60.5 Å². The summed E-state index contributed by atoms with van der Waals surface area (Å²) >= 11 is 0. The molecule has 5 heteroatoms. The number of rotatable bonds is 8. The Hall–Kier alpha value is -2.04. The lowest BCUT2D eigenvalue weighted by atomic mass is 9.96. The first-order valence-electron chi connectivity index (χ1n) is 10.6. The Morgan fingerprint density at radius 1 is 1.03 bits per heavy atom. The topological polar surface area (TPSA) is 35.6 Å². The largest absolute Gasteiger partial charge is 0.367 e. The molecule has 2 aromatic carbocycles. The molecule has 1 aliphatic rings. The Labute approximate surface area is 181 Å². The molecule has 0 aliphatic carbocycles. The van der Waals surface area contributed by atoms with Crippen LogP contribution in [-0.2, 0) is 6.54 Å². The van der Waals surface area contributed by atoms with Crippen molar-refractivity contribution in [2.24, 2.45) is 5.92 Å². The fraction of sp³-hybridized carbons (Fsp3) is 0.458. The van der Waals surface area contributed by atoms with Crippen molar-refractivity contribution in [1.82, 2.24) is 10.2 Å². The van der Waals surface area contributed by atoms with Gasteiger partial charge < -0.3 is 15.1 Å². The maximum absolute atomic E-state index is 12.9. The van der Waals surface area contributed by atoms with Crippen LogP contribution in [0.5, 0.6) is 0 Å². The zero-order valence-electron chi connectivity index (χ0n) is 17.6. The number of piperidine rings is 1. The monoisotopic (exact) mass is 415 g/mol. The van der Waals surface area contributed by atoms with Crippen molar-refractivity contribution in [3.63, 3.8) is 0 Å². The van der Waals surface area contributed by atoms with Crippen molar-refractivity contribution in [2.45, 2.75) is 33.2 Å². The Morgan fingerprint density at radius 2 is 1.69 bits per heavy atom. The highest BCUT2D eigenvalue weighted by molar-refractivity contribution is 5.94. The molecule has 1 amide bonds. The van der Waals surface area contributed by atoms with E-state index < -0.39 is 0 Å². The zero-order chi connectivity index (χ0) is 19.8. The minimum atomic E-state index is 0. The van der Waals surface area contributed by atoms with Crippen LogP contribution in [0, 0.1) is 5.92 Å². The van der Waals surface area contributed by atoms with Crippen LogP contribution < -0.4 is 10.2 Å². The van der Waals surface area contributed by atoms with Crippen LogP contribution in [0.25, 0.3) is 0 Å². The predicted octanol–water partition coefficient (Wildman–Crippen LogP) is 4.60. The third-order valence-electron chi connectivity index (χ3n) is 5.66. The second kappa shape index (κ2) is 11.8. The molecule has 3 rings (SSSR count). The Kier molecular flexibility index (Phi) is 9.49. The van der Waals surface area contributed by atoms with Gasteiger partial charge in [0.1, 0.15) is 0 Å². The van der Waals surface area contributed by atoms with E-state index in [1.165, 1.54) is 5.56 Å². The van der Waals surface area contributed by atoms with Crippen molar-refractivity contribution in [2.75, 3.05) is 37.6 Å². The van der Waals surface area contributed by atoms with Gasteiger partial charge >= 0.3 is 0 Å². The SMILES string of the molecule is CCNCC1CCN(C(=O)c2ccc(N(CC)Cc3ccccc3)cc2)CC1.Cl. The number of carbonyl (C=O) groups excluding carboxylic acids is 1. The van der Waals surface area contributed by atoms with E-state index in [0.29, 0.717) is 5.92 Å². The highest BCUT2D eigenvalue weighted by atomic mass is 35.5. The first-order valence-corrected chi connectivity index (χ1v) is 10.6. The number of benzene rings is 2. The number of nitrogens with zero attached hydrogens (tertiary/aromatic N) is 2. The van der Waals surface area contributed by atoms with Crippen molar-refractivity contribution >= 4 is 24.0 Å². The number of likely N-dealkylation sites (tertiary alicyclic amines) is 1. The molecule has 4 nitrogen and oxygen atoms in total. The van der Waals surface area contributed by atoms with Crippen LogP contribution in [0.3, 0.4) is 0 Å².